The number of para-hydroxylation sites is 1. The van der Waals surface area contributed by atoms with Crippen molar-refractivity contribution in [1.29, 1.82) is 0 Å². The van der Waals surface area contributed by atoms with E-state index in [1.807, 2.05) is 0 Å². The molecule has 1 N–H and O–H groups in total. The zero-order valence-electron chi connectivity index (χ0n) is 9.35. The van der Waals surface area contributed by atoms with Crippen LogP contribution in [0.1, 0.15) is 18.0 Å². The van der Waals surface area contributed by atoms with Crippen LogP contribution in [0.4, 0.5) is 0 Å². The van der Waals surface area contributed by atoms with E-state index in [4.69, 9.17) is 0 Å². The Morgan fingerprint density at radius 2 is 2.19 bits per heavy atom. The predicted octanol–water partition coefficient (Wildman–Crippen LogP) is 2.88. The van der Waals surface area contributed by atoms with Crippen LogP contribution < -0.4 is 0 Å². The molecular formula is C14H15N2+. The average molecular weight is 211 g/mol. The SMILES string of the molecule is C[N+]1=CC(c2cc3ccccc3[nH]2)CC=C1. The molecule has 1 aliphatic rings. The highest BCUT2D eigenvalue weighted by Crippen LogP contribution is 2.24. The fourth-order valence-corrected chi connectivity index (χ4v) is 2.27. The molecule has 16 heavy (non-hydrogen) atoms. The molecule has 0 saturated carbocycles. The molecular weight excluding hydrogens is 196 g/mol. The third kappa shape index (κ3) is 1.56. The number of benzene rings is 1. The van der Waals surface area contributed by atoms with E-state index in [-0.39, 0.29) is 0 Å². The molecule has 0 aliphatic carbocycles. The second-order valence-corrected chi connectivity index (χ2v) is 4.35. The number of nitrogens with one attached hydrogen (secondary N) is 1. The Morgan fingerprint density at radius 3 is 3.00 bits per heavy atom. The first-order chi connectivity index (χ1) is 7.83. The maximum absolute atomic E-state index is 3.49. The van der Waals surface area contributed by atoms with E-state index in [0.29, 0.717) is 5.92 Å². The minimum atomic E-state index is 0.474. The van der Waals surface area contributed by atoms with Crippen molar-refractivity contribution < 1.29 is 4.58 Å². The predicted molar refractivity (Wildman–Crippen MR) is 67.0 cm³/mol. The summed E-state index contributed by atoms with van der Waals surface area (Å²) in [5, 5.41) is 1.29. The molecule has 2 heterocycles. The highest BCUT2D eigenvalue weighted by Gasteiger charge is 2.17. The molecule has 0 spiro atoms. The molecule has 1 aromatic heterocycles. The van der Waals surface area contributed by atoms with Gasteiger partial charge in [-0.05, 0) is 30.0 Å². The van der Waals surface area contributed by atoms with Gasteiger partial charge in [0.15, 0.2) is 12.4 Å². The fraction of sp³-hybridized carbons (Fsp3) is 0.214. The summed E-state index contributed by atoms with van der Waals surface area (Å²) in [6.45, 7) is 0. The highest BCUT2D eigenvalue weighted by atomic mass is 14.9. The first kappa shape index (κ1) is 9.40. The van der Waals surface area contributed by atoms with E-state index < -0.39 is 0 Å². The molecule has 0 saturated heterocycles. The summed E-state index contributed by atoms with van der Waals surface area (Å²) in [7, 11) is 2.07. The number of H-pyrrole nitrogens is 1. The molecule has 1 unspecified atom stereocenters. The second-order valence-electron chi connectivity index (χ2n) is 4.35. The van der Waals surface area contributed by atoms with Crippen LogP contribution in [0, 0.1) is 0 Å². The Labute approximate surface area is 94.9 Å². The van der Waals surface area contributed by atoms with E-state index in [1.54, 1.807) is 0 Å². The number of aromatic amines is 1. The molecule has 3 rings (SSSR count). The number of hydrogen-bond donors (Lipinski definition) is 1. The van der Waals surface area contributed by atoms with Gasteiger partial charge >= 0.3 is 0 Å². The van der Waals surface area contributed by atoms with Crippen molar-refractivity contribution in [3.05, 3.63) is 48.3 Å². The van der Waals surface area contributed by atoms with Gasteiger partial charge in [-0.25, -0.2) is 4.58 Å². The second kappa shape index (κ2) is 3.63. The lowest BCUT2D eigenvalue weighted by atomic mass is 10.0. The number of nitrogens with zero attached hydrogens (tertiary/aromatic N) is 1. The van der Waals surface area contributed by atoms with Crippen molar-refractivity contribution in [2.45, 2.75) is 12.3 Å². The van der Waals surface area contributed by atoms with Gasteiger partial charge in [0.2, 0.25) is 0 Å². The molecule has 1 aliphatic heterocycles. The molecule has 0 bridgehead atoms. The normalized spacial score (nSPS) is 20.1. The van der Waals surface area contributed by atoms with Crippen LogP contribution >= 0.6 is 0 Å². The summed E-state index contributed by atoms with van der Waals surface area (Å²) in [5.74, 6) is 0.474. The van der Waals surface area contributed by atoms with Crippen LogP contribution in [0.15, 0.2) is 42.6 Å². The van der Waals surface area contributed by atoms with Crippen LogP contribution in [-0.4, -0.2) is 22.8 Å². The van der Waals surface area contributed by atoms with Gasteiger partial charge in [0.25, 0.3) is 0 Å². The van der Waals surface area contributed by atoms with E-state index in [9.17, 15) is 0 Å². The van der Waals surface area contributed by atoms with Crippen LogP contribution in [0.25, 0.3) is 10.9 Å². The first-order valence-electron chi connectivity index (χ1n) is 5.64. The summed E-state index contributed by atoms with van der Waals surface area (Å²) < 4.78 is 2.12. The number of hydrogen-bond acceptors (Lipinski definition) is 0. The maximum atomic E-state index is 3.49. The quantitative estimate of drug-likeness (QED) is 0.699. The minimum absolute atomic E-state index is 0.474. The minimum Gasteiger partial charge on any atom is -0.358 e. The first-order valence-corrected chi connectivity index (χ1v) is 5.64. The van der Waals surface area contributed by atoms with Gasteiger partial charge < -0.3 is 4.98 Å². The summed E-state index contributed by atoms with van der Waals surface area (Å²) >= 11 is 0. The van der Waals surface area contributed by atoms with Crippen molar-refractivity contribution in [2.75, 3.05) is 7.05 Å². The van der Waals surface area contributed by atoms with Crippen molar-refractivity contribution in [3.8, 4) is 0 Å². The molecule has 0 fully saturated rings. The fourth-order valence-electron chi connectivity index (χ4n) is 2.27. The smallest absolute Gasteiger partial charge is 0.164 e. The molecule has 2 heteroatoms. The Balaban J connectivity index is 2.03. The summed E-state index contributed by atoms with van der Waals surface area (Å²) in [5.41, 5.74) is 2.53. The van der Waals surface area contributed by atoms with Gasteiger partial charge in [0.05, 0.1) is 5.92 Å². The topological polar surface area (TPSA) is 18.8 Å². The standard InChI is InChI=1S/C14H15N2/c1-16-8-4-6-12(10-16)14-9-11-5-2-3-7-13(11)15-14/h2-5,7-10,12,15H,6H2,1H3/q+1. The Hall–Kier alpha value is -1.83. The Kier molecular flexibility index (Phi) is 2.13. The number of fused-ring (bicyclic) bond motifs is 1. The summed E-state index contributed by atoms with van der Waals surface area (Å²) in [4.78, 5) is 3.49. The van der Waals surface area contributed by atoms with Gasteiger partial charge in [-0.2, -0.15) is 0 Å². The van der Waals surface area contributed by atoms with E-state index in [1.165, 1.54) is 16.6 Å². The zero-order valence-corrected chi connectivity index (χ0v) is 9.35. The Bertz CT molecular complexity index is 542. The average Bonchev–Trinajstić information content (AvgIpc) is 2.72. The van der Waals surface area contributed by atoms with Gasteiger partial charge in [0, 0.05) is 11.2 Å². The monoisotopic (exact) mass is 211 g/mol. The van der Waals surface area contributed by atoms with Crippen LogP contribution in [0.2, 0.25) is 0 Å². The van der Waals surface area contributed by atoms with Crippen molar-refractivity contribution >= 4 is 17.1 Å². The van der Waals surface area contributed by atoms with Crippen LogP contribution in [-0.2, 0) is 0 Å². The zero-order chi connectivity index (χ0) is 11.0. The van der Waals surface area contributed by atoms with Crippen molar-refractivity contribution in [3.63, 3.8) is 0 Å². The highest BCUT2D eigenvalue weighted by molar-refractivity contribution is 5.81. The Morgan fingerprint density at radius 1 is 1.31 bits per heavy atom. The van der Waals surface area contributed by atoms with Gasteiger partial charge in [0.1, 0.15) is 7.05 Å². The van der Waals surface area contributed by atoms with E-state index in [2.05, 4.69) is 65.4 Å². The van der Waals surface area contributed by atoms with Crippen LogP contribution in [0.3, 0.4) is 0 Å². The third-order valence-electron chi connectivity index (χ3n) is 3.10. The lowest BCUT2D eigenvalue weighted by molar-refractivity contribution is -0.420. The molecule has 1 atom stereocenters. The molecule has 80 valence electrons. The van der Waals surface area contributed by atoms with Gasteiger partial charge in [-0.3, -0.25) is 0 Å². The number of allylic oxidation sites excluding steroid dienone is 1. The van der Waals surface area contributed by atoms with E-state index >= 15 is 0 Å². The number of aromatic nitrogens is 1. The molecule has 0 amide bonds. The van der Waals surface area contributed by atoms with Crippen molar-refractivity contribution in [2.24, 2.45) is 0 Å². The molecule has 0 radical (unpaired) electrons. The van der Waals surface area contributed by atoms with Gasteiger partial charge in [-0.15, -0.1) is 0 Å². The molecule has 1 aromatic carbocycles. The number of rotatable bonds is 1. The largest absolute Gasteiger partial charge is 0.358 e. The molecule has 2 aromatic rings. The maximum Gasteiger partial charge on any atom is 0.164 e. The van der Waals surface area contributed by atoms with E-state index in [0.717, 1.165) is 6.42 Å². The lowest BCUT2D eigenvalue weighted by Gasteiger charge is -2.08. The van der Waals surface area contributed by atoms with Crippen LogP contribution in [0.5, 0.6) is 0 Å². The third-order valence-corrected chi connectivity index (χ3v) is 3.10. The lowest BCUT2D eigenvalue weighted by Crippen LogP contribution is -2.12. The van der Waals surface area contributed by atoms with Gasteiger partial charge in [-0.1, -0.05) is 18.2 Å². The molecule has 2 nitrogen and oxygen atoms in total. The van der Waals surface area contributed by atoms with Crippen molar-refractivity contribution in [1.82, 2.24) is 4.98 Å². The summed E-state index contributed by atoms with van der Waals surface area (Å²) in [6, 6.07) is 10.7. The summed E-state index contributed by atoms with van der Waals surface area (Å²) in [6.07, 6.45) is 7.66.